The van der Waals surface area contributed by atoms with Crippen LogP contribution in [-0.2, 0) is 6.42 Å². The lowest BCUT2D eigenvalue weighted by atomic mass is 9.77. The number of hydrogen-bond acceptors (Lipinski definition) is 2. The van der Waals surface area contributed by atoms with Crippen molar-refractivity contribution >= 4 is 27.3 Å². The van der Waals surface area contributed by atoms with Gasteiger partial charge in [-0.2, -0.15) is 0 Å². The molecule has 1 saturated carbocycles. The summed E-state index contributed by atoms with van der Waals surface area (Å²) in [5.41, 5.74) is 0. The van der Waals surface area contributed by atoms with Crippen molar-refractivity contribution in [3.8, 4) is 0 Å². The van der Waals surface area contributed by atoms with Crippen LogP contribution in [0.25, 0.3) is 0 Å². The molecule has 0 amide bonds. The quantitative estimate of drug-likeness (QED) is 0.883. The molecule has 1 heterocycles. The minimum absolute atomic E-state index is 0.889. The Kier molecular flexibility index (Phi) is 4.86. The first kappa shape index (κ1) is 12.6. The molecule has 1 aromatic heterocycles. The fourth-order valence-electron chi connectivity index (χ4n) is 2.80. The third-order valence-corrected chi connectivity index (χ3v) is 5.34. The number of nitrogens with one attached hydrogen (secondary N) is 1. The second kappa shape index (κ2) is 6.18. The summed E-state index contributed by atoms with van der Waals surface area (Å²) in [6, 6.07) is 2.29. The normalized spacial score (nSPS) is 25.9. The van der Waals surface area contributed by atoms with Gasteiger partial charge < -0.3 is 5.32 Å². The summed E-state index contributed by atoms with van der Waals surface area (Å²) in [6.45, 7) is 1.19. The van der Waals surface area contributed by atoms with Crippen molar-refractivity contribution in [3.05, 3.63) is 20.8 Å². The molecule has 0 radical (unpaired) electrons. The van der Waals surface area contributed by atoms with E-state index < -0.39 is 0 Å². The Hall–Kier alpha value is 0.140. The maximum absolute atomic E-state index is 3.54. The SMILES string of the molecule is CNCC1CCCCC1Cc1cc(Br)cs1. The van der Waals surface area contributed by atoms with Gasteiger partial charge in [-0.05, 0) is 66.7 Å². The Bertz CT molecular complexity index is 321. The van der Waals surface area contributed by atoms with E-state index in [1.165, 1.54) is 43.1 Å². The average Bonchev–Trinajstić information content (AvgIpc) is 2.67. The van der Waals surface area contributed by atoms with E-state index in [-0.39, 0.29) is 0 Å². The van der Waals surface area contributed by atoms with Crippen molar-refractivity contribution in [2.75, 3.05) is 13.6 Å². The first-order valence-electron chi connectivity index (χ1n) is 6.17. The zero-order valence-electron chi connectivity index (χ0n) is 9.84. The molecule has 2 atom stereocenters. The van der Waals surface area contributed by atoms with E-state index in [4.69, 9.17) is 0 Å². The Morgan fingerprint density at radius 3 is 2.75 bits per heavy atom. The monoisotopic (exact) mass is 301 g/mol. The zero-order valence-corrected chi connectivity index (χ0v) is 12.2. The van der Waals surface area contributed by atoms with Crippen molar-refractivity contribution in [3.63, 3.8) is 0 Å². The van der Waals surface area contributed by atoms with Crippen LogP contribution in [0.15, 0.2) is 15.9 Å². The molecule has 0 saturated heterocycles. The Morgan fingerprint density at radius 2 is 2.12 bits per heavy atom. The lowest BCUT2D eigenvalue weighted by Crippen LogP contribution is -2.29. The number of thiophene rings is 1. The molecular weight excluding hydrogens is 282 g/mol. The van der Waals surface area contributed by atoms with Crippen LogP contribution in [0.1, 0.15) is 30.6 Å². The Balaban J connectivity index is 1.95. The van der Waals surface area contributed by atoms with Gasteiger partial charge in [-0.1, -0.05) is 12.8 Å². The van der Waals surface area contributed by atoms with Crippen molar-refractivity contribution in [1.29, 1.82) is 0 Å². The second-order valence-corrected chi connectivity index (χ2v) is 6.71. The molecule has 0 bridgehead atoms. The average molecular weight is 302 g/mol. The van der Waals surface area contributed by atoms with Gasteiger partial charge in [-0.25, -0.2) is 0 Å². The third kappa shape index (κ3) is 3.31. The van der Waals surface area contributed by atoms with Crippen molar-refractivity contribution in [1.82, 2.24) is 5.32 Å². The van der Waals surface area contributed by atoms with Gasteiger partial charge in [0.15, 0.2) is 0 Å². The molecule has 1 N–H and O–H groups in total. The molecule has 2 rings (SSSR count). The molecule has 1 nitrogen and oxygen atoms in total. The van der Waals surface area contributed by atoms with Crippen LogP contribution < -0.4 is 5.32 Å². The molecule has 90 valence electrons. The second-order valence-electron chi connectivity index (χ2n) is 4.80. The van der Waals surface area contributed by atoms with Crippen molar-refractivity contribution in [2.45, 2.75) is 32.1 Å². The molecule has 1 aromatic rings. The zero-order chi connectivity index (χ0) is 11.4. The summed E-state index contributed by atoms with van der Waals surface area (Å²) in [5.74, 6) is 1.78. The highest BCUT2D eigenvalue weighted by Crippen LogP contribution is 2.34. The highest BCUT2D eigenvalue weighted by molar-refractivity contribution is 9.10. The van der Waals surface area contributed by atoms with E-state index in [1.54, 1.807) is 4.88 Å². The molecule has 16 heavy (non-hydrogen) atoms. The van der Waals surface area contributed by atoms with Gasteiger partial charge in [0.2, 0.25) is 0 Å². The van der Waals surface area contributed by atoms with Gasteiger partial charge in [0.1, 0.15) is 0 Å². The largest absolute Gasteiger partial charge is 0.319 e. The fourth-order valence-corrected chi connectivity index (χ4v) is 4.35. The van der Waals surface area contributed by atoms with E-state index in [9.17, 15) is 0 Å². The van der Waals surface area contributed by atoms with Crippen LogP contribution in [-0.4, -0.2) is 13.6 Å². The Morgan fingerprint density at radius 1 is 1.38 bits per heavy atom. The molecule has 0 spiro atoms. The minimum Gasteiger partial charge on any atom is -0.319 e. The lowest BCUT2D eigenvalue weighted by Gasteiger charge is -2.31. The summed E-state index contributed by atoms with van der Waals surface area (Å²) in [7, 11) is 2.08. The number of hydrogen-bond donors (Lipinski definition) is 1. The standard InChI is InChI=1S/C13H20BrNS/c1-15-8-11-5-3-2-4-10(11)6-13-7-12(14)9-16-13/h7,9-11,15H,2-6,8H2,1H3. The first-order valence-corrected chi connectivity index (χ1v) is 7.84. The summed E-state index contributed by atoms with van der Waals surface area (Å²) in [6.07, 6.45) is 6.97. The van der Waals surface area contributed by atoms with Gasteiger partial charge in [0.05, 0.1) is 0 Å². The van der Waals surface area contributed by atoms with Crippen LogP contribution in [0.5, 0.6) is 0 Å². The highest BCUT2D eigenvalue weighted by Gasteiger charge is 2.24. The summed E-state index contributed by atoms with van der Waals surface area (Å²) >= 11 is 5.44. The van der Waals surface area contributed by atoms with Crippen molar-refractivity contribution in [2.24, 2.45) is 11.8 Å². The molecule has 1 fully saturated rings. The predicted molar refractivity (Wildman–Crippen MR) is 75.1 cm³/mol. The van der Waals surface area contributed by atoms with Gasteiger partial charge in [0, 0.05) is 14.7 Å². The number of rotatable bonds is 4. The molecule has 1 aliphatic rings. The maximum Gasteiger partial charge on any atom is 0.0285 e. The van der Waals surface area contributed by atoms with E-state index in [0.29, 0.717) is 0 Å². The smallest absolute Gasteiger partial charge is 0.0285 e. The van der Waals surface area contributed by atoms with Crippen LogP contribution in [0.2, 0.25) is 0 Å². The van der Waals surface area contributed by atoms with Gasteiger partial charge in [-0.15, -0.1) is 11.3 Å². The first-order chi connectivity index (χ1) is 7.79. The molecule has 3 heteroatoms. The number of halogens is 1. The molecule has 0 aromatic carbocycles. The predicted octanol–water partition coefficient (Wildman–Crippen LogP) is 4.08. The van der Waals surface area contributed by atoms with Crippen LogP contribution in [0, 0.1) is 11.8 Å². The van der Waals surface area contributed by atoms with E-state index >= 15 is 0 Å². The third-order valence-electron chi connectivity index (χ3n) is 3.62. The summed E-state index contributed by atoms with van der Waals surface area (Å²) < 4.78 is 1.24. The van der Waals surface area contributed by atoms with E-state index in [2.05, 4.69) is 39.7 Å². The molecular formula is C13H20BrNS. The highest BCUT2D eigenvalue weighted by atomic mass is 79.9. The lowest BCUT2D eigenvalue weighted by molar-refractivity contribution is 0.233. The maximum atomic E-state index is 3.54. The molecule has 0 aliphatic heterocycles. The van der Waals surface area contributed by atoms with Crippen LogP contribution >= 0.6 is 27.3 Å². The summed E-state index contributed by atoms with van der Waals surface area (Å²) in [5, 5.41) is 5.55. The van der Waals surface area contributed by atoms with Crippen molar-refractivity contribution < 1.29 is 0 Å². The van der Waals surface area contributed by atoms with E-state index in [0.717, 1.165) is 11.8 Å². The van der Waals surface area contributed by atoms with Gasteiger partial charge in [0.25, 0.3) is 0 Å². The Labute approximate surface area is 111 Å². The fraction of sp³-hybridized carbons (Fsp3) is 0.692. The minimum atomic E-state index is 0.889. The summed E-state index contributed by atoms with van der Waals surface area (Å²) in [4.78, 5) is 1.54. The van der Waals surface area contributed by atoms with Gasteiger partial charge in [-0.3, -0.25) is 0 Å². The molecule has 1 aliphatic carbocycles. The van der Waals surface area contributed by atoms with E-state index in [1.807, 2.05) is 11.3 Å². The molecule has 2 unspecified atom stereocenters. The van der Waals surface area contributed by atoms with Gasteiger partial charge >= 0.3 is 0 Å². The topological polar surface area (TPSA) is 12.0 Å². The van der Waals surface area contributed by atoms with Crippen LogP contribution in [0.4, 0.5) is 0 Å². The van der Waals surface area contributed by atoms with Crippen LogP contribution in [0.3, 0.4) is 0 Å².